The summed E-state index contributed by atoms with van der Waals surface area (Å²) >= 11 is 0. The molecule has 0 bridgehead atoms. The van der Waals surface area contributed by atoms with E-state index in [2.05, 4.69) is 11.3 Å². The van der Waals surface area contributed by atoms with Crippen molar-refractivity contribution in [1.82, 2.24) is 0 Å². The first-order chi connectivity index (χ1) is 6.65. The number of halogens is 2. The van der Waals surface area contributed by atoms with E-state index >= 15 is 0 Å². The topological polar surface area (TPSA) is 26.3 Å². The van der Waals surface area contributed by atoms with Crippen molar-refractivity contribution in [3.8, 4) is 0 Å². The van der Waals surface area contributed by atoms with Gasteiger partial charge in [-0.2, -0.15) is 4.39 Å². The number of esters is 1. The Kier molecular flexibility index (Phi) is 3.34. The molecule has 1 atom stereocenters. The summed E-state index contributed by atoms with van der Waals surface area (Å²) in [4.78, 5) is 10.6. The number of carbonyl (C=O) groups excluding carboxylic acids is 1. The molecule has 0 amide bonds. The van der Waals surface area contributed by atoms with Crippen LogP contribution in [-0.2, 0) is 9.53 Å². The molecule has 4 heteroatoms. The molecule has 2 nitrogen and oxygen atoms in total. The highest BCUT2D eigenvalue weighted by Crippen LogP contribution is 2.21. The summed E-state index contributed by atoms with van der Waals surface area (Å²) in [5, 5.41) is 0. The Bertz CT molecular complexity index is 350. The molecule has 1 aromatic rings. The van der Waals surface area contributed by atoms with Gasteiger partial charge in [0.05, 0.1) is 5.56 Å². The molecule has 74 valence electrons. The highest BCUT2D eigenvalue weighted by molar-refractivity contribution is 5.81. The number of benzene rings is 1. The van der Waals surface area contributed by atoms with Crippen LogP contribution in [-0.4, -0.2) is 5.97 Å². The first-order valence-electron chi connectivity index (χ1n) is 3.86. The Labute approximate surface area is 79.8 Å². The largest absolute Gasteiger partial charge is 0.423 e. The van der Waals surface area contributed by atoms with Crippen molar-refractivity contribution in [2.75, 3.05) is 0 Å². The van der Waals surface area contributed by atoms with E-state index in [0.29, 0.717) is 0 Å². The molecule has 0 fully saturated rings. The maximum absolute atomic E-state index is 13.1. The van der Waals surface area contributed by atoms with Crippen molar-refractivity contribution in [2.24, 2.45) is 0 Å². The zero-order chi connectivity index (χ0) is 10.6. The van der Waals surface area contributed by atoms with Crippen LogP contribution in [0.4, 0.5) is 8.78 Å². The third kappa shape index (κ3) is 2.39. The summed E-state index contributed by atoms with van der Waals surface area (Å²) in [6.45, 7) is 3.09. The van der Waals surface area contributed by atoms with Crippen molar-refractivity contribution in [1.29, 1.82) is 0 Å². The third-order valence-corrected chi connectivity index (χ3v) is 1.54. The maximum atomic E-state index is 13.1. The first kappa shape index (κ1) is 10.4. The van der Waals surface area contributed by atoms with Crippen LogP contribution in [0.25, 0.3) is 0 Å². The minimum Gasteiger partial charge on any atom is -0.423 e. The van der Waals surface area contributed by atoms with Gasteiger partial charge in [-0.3, -0.25) is 0 Å². The predicted octanol–water partition coefficient (Wildman–Crippen LogP) is 2.52. The van der Waals surface area contributed by atoms with Gasteiger partial charge in [0, 0.05) is 6.08 Å². The van der Waals surface area contributed by atoms with E-state index in [1.165, 1.54) is 18.2 Å². The van der Waals surface area contributed by atoms with Gasteiger partial charge in [0.15, 0.2) is 0 Å². The molecule has 0 spiro atoms. The lowest BCUT2D eigenvalue weighted by Gasteiger charge is -2.08. The molecule has 0 N–H and O–H groups in total. The van der Waals surface area contributed by atoms with Gasteiger partial charge in [-0.15, -0.1) is 0 Å². The lowest BCUT2D eigenvalue weighted by Crippen LogP contribution is -2.06. The van der Waals surface area contributed by atoms with E-state index in [1.54, 1.807) is 0 Å². The Balaban J connectivity index is 2.79. The molecule has 0 aliphatic heterocycles. The van der Waals surface area contributed by atoms with E-state index in [9.17, 15) is 13.6 Å². The molecule has 0 radical (unpaired) electrons. The van der Waals surface area contributed by atoms with Gasteiger partial charge in [-0.05, 0) is 12.1 Å². The second kappa shape index (κ2) is 4.50. The average Bonchev–Trinajstić information content (AvgIpc) is 2.18. The van der Waals surface area contributed by atoms with Crippen LogP contribution in [0, 0.1) is 5.82 Å². The molecule has 0 heterocycles. The van der Waals surface area contributed by atoms with Crippen molar-refractivity contribution < 1.29 is 18.3 Å². The molecule has 0 saturated carbocycles. The van der Waals surface area contributed by atoms with Crippen LogP contribution in [0.5, 0.6) is 0 Å². The van der Waals surface area contributed by atoms with Crippen LogP contribution < -0.4 is 0 Å². The van der Waals surface area contributed by atoms with E-state index in [-0.39, 0.29) is 5.56 Å². The second-order valence-electron chi connectivity index (χ2n) is 2.48. The maximum Gasteiger partial charge on any atom is 0.332 e. The van der Waals surface area contributed by atoms with Crippen molar-refractivity contribution in [3.05, 3.63) is 48.3 Å². The molecule has 1 unspecified atom stereocenters. The zero-order valence-corrected chi connectivity index (χ0v) is 7.24. The molecular formula is C10H8F2O2. The highest BCUT2D eigenvalue weighted by Gasteiger charge is 2.16. The van der Waals surface area contributed by atoms with Gasteiger partial charge >= 0.3 is 5.97 Å². The summed E-state index contributed by atoms with van der Waals surface area (Å²) in [6.07, 6.45) is -1.28. The van der Waals surface area contributed by atoms with Gasteiger partial charge in [0.1, 0.15) is 5.82 Å². The number of hydrogen-bond acceptors (Lipinski definition) is 2. The number of rotatable bonds is 3. The molecular weight excluding hydrogens is 190 g/mol. The molecule has 0 aromatic heterocycles. The monoisotopic (exact) mass is 198 g/mol. The molecule has 0 aliphatic carbocycles. The van der Waals surface area contributed by atoms with Gasteiger partial charge < -0.3 is 4.74 Å². The number of carbonyl (C=O) groups is 1. The molecule has 0 aliphatic rings. The third-order valence-electron chi connectivity index (χ3n) is 1.54. The van der Waals surface area contributed by atoms with E-state index in [4.69, 9.17) is 0 Å². The fourth-order valence-electron chi connectivity index (χ4n) is 0.873. The molecule has 1 aromatic carbocycles. The van der Waals surface area contributed by atoms with Gasteiger partial charge in [0.2, 0.25) is 0 Å². The SMILES string of the molecule is C=CC(=O)OC(F)c1ccccc1F. The first-order valence-corrected chi connectivity index (χ1v) is 3.86. The van der Waals surface area contributed by atoms with Gasteiger partial charge in [0.25, 0.3) is 6.36 Å². The van der Waals surface area contributed by atoms with E-state index in [0.717, 1.165) is 12.1 Å². The summed E-state index contributed by atoms with van der Waals surface area (Å²) in [7, 11) is 0. The van der Waals surface area contributed by atoms with Gasteiger partial charge in [-0.25, -0.2) is 9.18 Å². The smallest absolute Gasteiger partial charge is 0.332 e. The average molecular weight is 198 g/mol. The molecule has 1 rings (SSSR count). The molecule has 14 heavy (non-hydrogen) atoms. The minimum absolute atomic E-state index is 0.303. The highest BCUT2D eigenvalue weighted by atomic mass is 19.2. The fraction of sp³-hybridized carbons (Fsp3) is 0.100. The Morgan fingerprint density at radius 3 is 2.71 bits per heavy atom. The van der Waals surface area contributed by atoms with Crippen LogP contribution >= 0.6 is 0 Å². The summed E-state index contributed by atoms with van der Waals surface area (Å²) in [5.41, 5.74) is -0.303. The molecule has 0 saturated heterocycles. The van der Waals surface area contributed by atoms with Crippen LogP contribution in [0.15, 0.2) is 36.9 Å². The lowest BCUT2D eigenvalue weighted by molar-refractivity contribution is -0.152. The van der Waals surface area contributed by atoms with Crippen LogP contribution in [0.1, 0.15) is 11.9 Å². The minimum atomic E-state index is -2.10. The predicted molar refractivity (Wildman–Crippen MR) is 46.5 cm³/mol. The quantitative estimate of drug-likeness (QED) is 0.551. The van der Waals surface area contributed by atoms with Crippen LogP contribution in [0.3, 0.4) is 0 Å². The van der Waals surface area contributed by atoms with Crippen LogP contribution in [0.2, 0.25) is 0 Å². The summed E-state index contributed by atoms with van der Waals surface area (Å²) in [6, 6.07) is 5.16. The fourth-order valence-corrected chi connectivity index (χ4v) is 0.873. The summed E-state index contributed by atoms with van der Waals surface area (Å²) in [5.74, 6) is -1.68. The Hall–Kier alpha value is -1.71. The normalized spacial score (nSPS) is 11.9. The standard InChI is InChI=1S/C10H8F2O2/c1-2-9(13)14-10(12)7-5-3-4-6-8(7)11/h2-6,10H,1H2. The van der Waals surface area contributed by atoms with Gasteiger partial charge in [-0.1, -0.05) is 18.7 Å². The van der Waals surface area contributed by atoms with E-state index < -0.39 is 18.1 Å². The number of ether oxygens (including phenoxy) is 1. The number of hydrogen-bond donors (Lipinski definition) is 0. The summed E-state index contributed by atoms with van der Waals surface area (Å²) < 4.78 is 30.2. The Morgan fingerprint density at radius 2 is 2.14 bits per heavy atom. The van der Waals surface area contributed by atoms with Crippen molar-refractivity contribution in [2.45, 2.75) is 6.36 Å². The van der Waals surface area contributed by atoms with E-state index in [1.807, 2.05) is 0 Å². The van der Waals surface area contributed by atoms with Crippen molar-refractivity contribution in [3.63, 3.8) is 0 Å². The Morgan fingerprint density at radius 1 is 1.50 bits per heavy atom. The zero-order valence-electron chi connectivity index (χ0n) is 7.24. The van der Waals surface area contributed by atoms with Crippen molar-refractivity contribution >= 4 is 5.97 Å². The second-order valence-corrected chi connectivity index (χ2v) is 2.48. The lowest BCUT2D eigenvalue weighted by atomic mass is 10.2. The number of alkyl halides is 1.